The van der Waals surface area contributed by atoms with E-state index in [0.29, 0.717) is 43.6 Å². The lowest BCUT2D eigenvalue weighted by atomic mass is 9.98. The molecule has 1 fully saturated rings. The molecule has 1 amide bonds. The van der Waals surface area contributed by atoms with Crippen LogP contribution in [-0.4, -0.2) is 55.6 Å². The van der Waals surface area contributed by atoms with Crippen LogP contribution in [0.5, 0.6) is 0 Å². The minimum atomic E-state index is -3.15. The van der Waals surface area contributed by atoms with E-state index in [1.54, 1.807) is 13.0 Å². The van der Waals surface area contributed by atoms with Crippen LogP contribution in [-0.2, 0) is 10.0 Å². The Balaban J connectivity index is 1.92. The fourth-order valence-electron chi connectivity index (χ4n) is 2.82. The number of hydrogen-bond acceptors (Lipinski definition) is 4. The monoisotopic (exact) mass is 354 g/mol. The molecule has 2 rings (SSSR count). The van der Waals surface area contributed by atoms with Gasteiger partial charge in [-0.1, -0.05) is 0 Å². The van der Waals surface area contributed by atoms with Crippen LogP contribution in [0.3, 0.4) is 0 Å². The third kappa shape index (κ3) is 4.78. The number of sulfonamides is 1. The van der Waals surface area contributed by atoms with Crippen molar-refractivity contribution < 1.29 is 23.1 Å². The highest BCUT2D eigenvalue weighted by Gasteiger charge is 2.25. The van der Waals surface area contributed by atoms with E-state index >= 15 is 0 Å². The molecule has 0 radical (unpaired) electrons. The minimum absolute atomic E-state index is 0.0848. The van der Waals surface area contributed by atoms with Gasteiger partial charge in [0.05, 0.1) is 11.8 Å². The van der Waals surface area contributed by atoms with Crippen molar-refractivity contribution in [1.82, 2.24) is 9.62 Å². The molecule has 1 aromatic carbocycles. The van der Waals surface area contributed by atoms with Crippen molar-refractivity contribution >= 4 is 21.9 Å². The van der Waals surface area contributed by atoms with Crippen molar-refractivity contribution in [3.8, 4) is 0 Å². The van der Waals surface area contributed by atoms with E-state index in [0.717, 1.165) is 0 Å². The standard InChI is InChI=1S/C16H22N2O5S/c1-11-7-13(9-14(8-11)16(20)21)15(19)17-10-12-3-5-18(6-4-12)24(2,22)23/h7-9,12H,3-6,10H2,1-2H3,(H,17,19)(H,20,21). The molecule has 0 aromatic heterocycles. The summed E-state index contributed by atoms with van der Waals surface area (Å²) in [4.78, 5) is 23.3. The Morgan fingerprint density at radius 3 is 2.33 bits per heavy atom. The largest absolute Gasteiger partial charge is 0.478 e. The molecular formula is C16H22N2O5S. The molecule has 7 nitrogen and oxygen atoms in total. The molecule has 0 unspecified atom stereocenters. The molecule has 0 aliphatic carbocycles. The van der Waals surface area contributed by atoms with Crippen molar-refractivity contribution in [3.63, 3.8) is 0 Å². The van der Waals surface area contributed by atoms with Gasteiger partial charge in [0.1, 0.15) is 0 Å². The van der Waals surface area contributed by atoms with Crippen molar-refractivity contribution in [2.45, 2.75) is 19.8 Å². The molecule has 2 N–H and O–H groups in total. The Hall–Kier alpha value is -1.93. The third-order valence-corrected chi connectivity index (χ3v) is 5.48. The Morgan fingerprint density at radius 1 is 1.21 bits per heavy atom. The molecule has 0 atom stereocenters. The Bertz CT molecular complexity index is 737. The lowest BCUT2D eigenvalue weighted by Gasteiger charge is -2.30. The maximum atomic E-state index is 12.2. The fourth-order valence-corrected chi connectivity index (χ4v) is 3.70. The van der Waals surface area contributed by atoms with Crippen LogP contribution in [0, 0.1) is 12.8 Å². The van der Waals surface area contributed by atoms with Crippen molar-refractivity contribution in [2.75, 3.05) is 25.9 Å². The van der Waals surface area contributed by atoms with E-state index in [-0.39, 0.29) is 17.4 Å². The van der Waals surface area contributed by atoms with Crippen LogP contribution < -0.4 is 5.32 Å². The van der Waals surface area contributed by atoms with E-state index in [4.69, 9.17) is 5.11 Å². The summed E-state index contributed by atoms with van der Waals surface area (Å²) in [7, 11) is -3.15. The van der Waals surface area contributed by atoms with Gasteiger partial charge in [-0.2, -0.15) is 0 Å². The van der Waals surface area contributed by atoms with E-state index in [1.165, 1.54) is 22.7 Å². The van der Waals surface area contributed by atoms with Crippen LogP contribution in [0.15, 0.2) is 18.2 Å². The molecule has 8 heteroatoms. The number of aromatic carboxylic acids is 1. The van der Waals surface area contributed by atoms with Crippen molar-refractivity contribution in [1.29, 1.82) is 0 Å². The second-order valence-electron chi connectivity index (χ2n) is 6.21. The van der Waals surface area contributed by atoms with Crippen molar-refractivity contribution in [2.24, 2.45) is 5.92 Å². The smallest absolute Gasteiger partial charge is 0.335 e. The van der Waals surface area contributed by atoms with E-state index in [1.807, 2.05) is 0 Å². The number of carboxylic acids is 1. The summed E-state index contributed by atoms with van der Waals surface area (Å²) < 4.78 is 24.4. The molecule has 1 aromatic rings. The maximum Gasteiger partial charge on any atom is 0.335 e. The number of benzene rings is 1. The average molecular weight is 354 g/mol. The molecule has 0 saturated carbocycles. The molecule has 1 aliphatic rings. The summed E-state index contributed by atoms with van der Waals surface area (Å²) in [6.45, 7) is 3.12. The van der Waals surface area contributed by atoms with Gasteiger partial charge in [-0.3, -0.25) is 4.79 Å². The summed E-state index contributed by atoms with van der Waals surface area (Å²) in [5, 5.41) is 11.9. The first-order valence-corrected chi connectivity index (χ1v) is 9.60. The van der Waals surface area contributed by atoms with Gasteiger partial charge in [0.2, 0.25) is 10.0 Å². The number of nitrogens with one attached hydrogen (secondary N) is 1. The summed E-state index contributed by atoms with van der Waals surface area (Å²) in [5.74, 6) is -1.16. The second-order valence-corrected chi connectivity index (χ2v) is 8.19. The Labute approximate surface area is 141 Å². The van der Waals surface area contributed by atoms with Gasteiger partial charge >= 0.3 is 5.97 Å². The second kappa shape index (κ2) is 7.31. The molecule has 1 saturated heterocycles. The molecule has 0 bridgehead atoms. The number of hydrogen-bond donors (Lipinski definition) is 2. The quantitative estimate of drug-likeness (QED) is 0.824. The summed E-state index contributed by atoms with van der Waals surface area (Å²) >= 11 is 0. The van der Waals surface area contributed by atoms with Gasteiger partial charge in [0.25, 0.3) is 5.91 Å². The maximum absolute atomic E-state index is 12.2. The SMILES string of the molecule is Cc1cc(C(=O)O)cc(C(=O)NCC2CCN(S(C)(=O)=O)CC2)c1. The lowest BCUT2D eigenvalue weighted by molar-refractivity contribution is 0.0696. The zero-order chi connectivity index (χ0) is 17.9. The summed E-state index contributed by atoms with van der Waals surface area (Å²) in [6.07, 6.45) is 2.59. The van der Waals surface area contributed by atoms with E-state index < -0.39 is 16.0 Å². The topological polar surface area (TPSA) is 104 Å². The number of nitrogens with zero attached hydrogens (tertiary/aromatic N) is 1. The van der Waals surface area contributed by atoms with Crippen LogP contribution >= 0.6 is 0 Å². The zero-order valence-electron chi connectivity index (χ0n) is 13.8. The van der Waals surface area contributed by atoms with Gasteiger partial charge in [-0.15, -0.1) is 0 Å². The van der Waals surface area contributed by atoms with Crippen LogP contribution in [0.4, 0.5) is 0 Å². The van der Waals surface area contributed by atoms with Crippen LogP contribution in [0.1, 0.15) is 39.1 Å². The van der Waals surface area contributed by atoms with Crippen LogP contribution in [0.25, 0.3) is 0 Å². The number of rotatable bonds is 5. The molecule has 0 spiro atoms. The number of aryl methyl sites for hydroxylation is 1. The van der Waals surface area contributed by atoms with Gasteiger partial charge in [-0.25, -0.2) is 17.5 Å². The first kappa shape index (κ1) is 18.4. The predicted molar refractivity (Wildman–Crippen MR) is 89.6 cm³/mol. The first-order valence-electron chi connectivity index (χ1n) is 7.75. The van der Waals surface area contributed by atoms with E-state index in [2.05, 4.69) is 5.32 Å². The predicted octanol–water partition coefficient (Wildman–Crippen LogP) is 1.09. The number of amides is 1. The van der Waals surface area contributed by atoms with E-state index in [9.17, 15) is 18.0 Å². The highest BCUT2D eigenvalue weighted by Crippen LogP contribution is 2.18. The number of piperidine rings is 1. The number of carbonyl (C=O) groups is 2. The molecule has 24 heavy (non-hydrogen) atoms. The summed E-state index contributed by atoms with van der Waals surface area (Å²) in [6, 6.07) is 4.52. The third-order valence-electron chi connectivity index (χ3n) is 4.18. The fraction of sp³-hybridized carbons (Fsp3) is 0.500. The van der Waals surface area contributed by atoms with Crippen LogP contribution in [0.2, 0.25) is 0 Å². The number of carbonyl (C=O) groups excluding carboxylic acids is 1. The van der Waals surface area contributed by atoms with Gasteiger partial charge in [0.15, 0.2) is 0 Å². The van der Waals surface area contributed by atoms with Gasteiger partial charge < -0.3 is 10.4 Å². The minimum Gasteiger partial charge on any atom is -0.478 e. The van der Waals surface area contributed by atoms with Gasteiger partial charge in [-0.05, 0) is 49.4 Å². The molecule has 1 heterocycles. The average Bonchev–Trinajstić information content (AvgIpc) is 2.51. The molecule has 132 valence electrons. The molecular weight excluding hydrogens is 332 g/mol. The van der Waals surface area contributed by atoms with Crippen molar-refractivity contribution in [3.05, 3.63) is 34.9 Å². The highest BCUT2D eigenvalue weighted by atomic mass is 32.2. The molecule has 1 aliphatic heterocycles. The number of carboxylic acid groups (broad SMARTS) is 1. The Kier molecular flexibility index (Phi) is 5.61. The normalized spacial score (nSPS) is 16.8. The zero-order valence-corrected chi connectivity index (χ0v) is 14.6. The highest BCUT2D eigenvalue weighted by molar-refractivity contribution is 7.88. The lowest BCUT2D eigenvalue weighted by Crippen LogP contribution is -2.41. The Morgan fingerprint density at radius 2 is 1.79 bits per heavy atom. The summed E-state index contributed by atoms with van der Waals surface area (Å²) in [5.41, 5.74) is 1.11. The van der Waals surface area contributed by atoms with Gasteiger partial charge in [0, 0.05) is 25.2 Å². The first-order chi connectivity index (χ1) is 11.2.